The molecule has 0 unspecified atom stereocenters. The summed E-state index contributed by atoms with van der Waals surface area (Å²) in [5.41, 5.74) is 0.348. The van der Waals surface area contributed by atoms with Crippen LogP contribution in [0.5, 0.6) is 0 Å². The Hall–Kier alpha value is -1.77. The summed E-state index contributed by atoms with van der Waals surface area (Å²) in [5, 5.41) is 1.83. The minimum Gasteiger partial charge on any atom is -0.327 e. The van der Waals surface area contributed by atoms with Gasteiger partial charge in [0.1, 0.15) is 0 Å². The van der Waals surface area contributed by atoms with Crippen molar-refractivity contribution in [2.75, 3.05) is 0 Å². The minimum atomic E-state index is -3.71. The number of sulfonamides is 1. The van der Waals surface area contributed by atoms with Crippen molar-refractivity contribution < 1.29 is 13.2 Å². The number of nitrogens with one attached hydrogen (secondary N) is 1. The highest BCUT2D eigenvalue weighted by Crippen LogP contribution is 2.18. The summed E-state index contributed by atoms with van der Waals surface area (Å²) in [6, 6.07) is 4.49. The molecule has 1 N–H and O–H groups in total. The smallest absolute Gasteiger partial charge is 0.279 e. The number of nitrogens with zero attached hydrogens (tertiary/aromatic N) is 2. The van der Waals surface area contributed by atoms with Crippen LogP contribution < -0.4 is 9.52 Å². The van der Waals surface area contributed by atoms with Crippen LogP contribution in [0.15, 0.2) is 39.7 Å². The quantitative estimate of drug-likeness (QED) is 0.903. The molecule has 0 spiro atoms. The van der Waals surface area contributed by atoms with Crippen molar-refractivity contribution in [1.82, 2.24) is 9.29 Å². The van der Waals surface area contributed by atoms with E-state index in [1.807, 2.05) is 5.38 Å². The van der Waals surface area contributed by atoms with Gasteiger partial charge < -0.3 is 4.57 Å². The van der Waals surface area contributed by atoms with Gasteiger partial charge in [-0.2, -0.15) is 4.99 Å². The van der Waals surface area contributed by atoms with Crippen LogP contribution in [0, 0.1) is 6.92 Å². The lowest BCUT2D eigenvalue weighted by Gasteiger charge is -2.20. The van der Waals surface area contributed by atoms with E-state index in [-0.39, 0.29) is 10.5 Å². The highest BCUT2D eigenvalue weighted by Gasteiger charge is 2.23. The SMILES string of the molecule is Cc1ccc(S(=O)(=O)NC(C)(C)C)cc1C(=O)N=c1sccn1C. The third-order valence-electron chi connectivity index (χ3n) is 3.15. The molecule has 6 nitrogen and oxygen atoms in total. The Morgan fingerprint density at radius 3 is 2.50 bits per heavy atom. The van der Waals surface area contributed by atoms with Crippen LogP contribution in [-0.4, -0.2) is 24.4 Å². The van der Waals surface area contributed by atoms with Gasteiger partial charge in [0.2, 0.25) is 10.0 Å². The summed E-state index contributed by atoms with van der Waals surface area (Å²) < 4.78 is 29.2. The van der Waals surface area contributed by atoms with Gasteiger partial charge in [-0.15, -0.1) is 11.3 Å². The molecule has 8 heteroatoms. The molecular weight excluding hydrogens is 346 g/mol. The molecule has 0 saturated carbocycles. The fourth-order valence-electron chi connectivity index (χ4n) is 2.04. The monoisotopic (exact) mass is 367 g/mol. The predicted octanol–water partition coefficient (Wildman–Crippen LogP) is 2.21. The molecule has 0 radical (unpaired) electrons. The summed E-state index contributed by atoms with van der Waals surface area (Å²) in [6.07, 6.45) is 1.80. The number of carbonyl (C=O) groups is 1. The molecular formula is C16H21N3O3S2. The second-order valence-electron chi connectivity index (χ2n) is 6.55. The average molecular weight is 367 g/mol. The van der Waals surface area contributed by atoms with Crippen molar-refractivity contribution >= 4 is 27.3 Å². The molecule has 0 aliphatic heterocycles. The van der Waals surface area contributed by atoms with Crippen molar-refractivity contribution in [2.45, 2.75) is 38.1 Å². The summed E-state index contributed by atoms with van der Waals surface area (Å²) in [4.78, 5) is 17.1. The standard InChI is InChI=1S/C16H21N3O3S2/c1-11-6-7-12(24(21,22)18-16(2,3)4)10-13(11)14(20)17-15-19(5)8-9-23-15/h6-10,18H,1-5H3. The fourth-order valence-corrected chi connectivity index (χ4v) is 4.21. The van der Waals surface area contributed by atoms with E-state index < -0.39 is 21.5 Å². The highest BCUT2D eigenvalue weighted by molar-refractivity contribution is 7.89. The topological polar surface area (TPSA) is 80.5 Å². The Bertz CT molecular complexity index is 932. The lowest BCUT2D eigenvalue weighted by Crippen LogP contribution is -2.40. The van der Waals surface area contributed by atoms with E-state index in [1.165, 1.54) is 23.5 Å². The summed E-state index contributed by atoms with van der Waals surface area (Å²) in [5.74, 6) is -0.460. The molecule has 130 valence electrons. The maximum atomic E-state index is 12.5. The van der Waals surface area contributed by atoms with E-state index in [4.69, 9.17) is 0 Å². The van der Waals surface area contributed by atoms with Crippen LogP contribution in [0.3, 0.4) is 0 Å². The van der Waals surface area contributed by atoms with Crippen molar-refractivity contribution in [1.29, 1.82) is 0 Å². The van der Waals surface area contributed by atoms with Gasteiger partial charge in [-0.1, -0.05) is 6.07 Å². The number of hydrogen-bond donors (Lipinski definition) is 1. The van der Waals surface area contributed by atoms with Crippen LogP contribution in [-0.2, 0) is 17.1 Å². The number of amides is 1. The molecule has 0 bridgehead atoms. The first-order valence-corrected chi connectivity index (χ1v) is 9.70. The van der Waals surface area contributed by atoms with Crippen molar-refractivity contribution in [3.05, 3.63) is 45.7 Å². The van der Waals surface area contributed by atoms with Gasteiger partial charge >= 0.3 is 0 Å². The van der Waals surface area contributed by atoms with Gasteiger partial charge in [0.05, 0.1) is 4.90 Å². The Kier molecular flexibility index (Phi) is 5.12. The number of aryl methyl sites for hydroxylation is 2. The average Bonchev–Trinajstić information content (AvgIpc) is 2.81. The maximum Gasteiger partial charge on any atom is 0.279 e. The maximum absolute atomic E-state index is 12.5. The van der Waals surface area contributed by atoms with E-state index in [0.29, 0.717) is 10.4 Å². The van der Waals surface area contributed by atoms with E-state index in [0.717, 1.165) is 0 Å². The first kappa shape index (κ1) is 18.6. The zero-order valence-electron chi connectivity index (χ0n) is 14.3. The second-order valence-corrected chi connectivity index (χ2v) is 9.10. The second kappa shape index (κ2) is 6.62. The first-order chi connectivity index (χ1) is 11.0. The van der Waals surface area contributed by atoms with Crippen LogP contribution >= 0.6 is 11.3 Å². The highest BCUT2D eigenvalue weighted by atomic mass is 32.2. The molecule has 2 rings (SSSR count). The molecule has 1 heterocycles. The van der Waals surface area contributed by atoms with Crippen LogP contribution in [0.1, 0.15) is 36.7 Å². The normalized spacial score (nSPS) is 13.3. The molecule has 0 fully saturated rings. The Balaban J connectivity index is 2.47. The van der Waals surface area contributed by atoms with Gasteiger partial charge in [0, 0.05) is 29.7 Å². The van der Waals surface area contributed by atoms with Gasteiger partial charge in [0.25, 0.3) is 5.91 Å². The van der Waals surface area contributed by atoms with Gasteiger partial charge in [-0.25, -0.2) is 13.1 Å². The number of thiazole rings is 1. The van der Waals surface area contributed by atoms with E-state index >= 15 is 0 Å². The number of benzene rings is 1. The Morgan fingerprint density at radius 2 is 1.96 bits per heavy atom. The van der Waals surface area contributed by atoms with E-state index in [1.54, 1.807) is 51.6 Å². The number of hydrogen-bond acceptors (Lipinski definition) is 4. The van der Waals surface area contributed by atoms with Crippen LogP contribution in [0.25, 0.3) is 0 Å². The first-order valence-electron chi connectivity index (χ1n) is 7.33. The molecule has 1 amide bonds. The molecule has 24 heavy (non-hydrogen) atoms. The van der Waals surface area contributed by atoms with E-state index in [9.17, 15) is 13.2 Å². The largest absolute Gasteiger partial charge is 0.327 e. The summed E-state index contributed by atoms with van der Waals surface area (Å²) in [7, 11) is -1.91. The molecule has 0 aliphatic carbocycles. The number of rotatable bonds is 3. The van der Waals surface area contributed by atoms with Gasteiger partial charge in [0.15, 0.2) is 4.80 Å². The lowest BCUT2D eigenvalue weighted by molar-refractivity contribution is 0.0997. The molecule has 1 aromatic heterocycles. The number of carbonyl (C=O) groups excluding carboxylic acids is 1. The van der Waals surface area contributed by atoms with Crippen molar-refractivity contribution in [3.63, 3.8) is 0 Å². The van der Waals surface area contributed by atoms with Crippen LogP contribution in [0.2, 0.25) is 0 Å². The molecule has 0 atom stereocenters. The zero-order chi connectivity index (χ0) is 18.1. The zero-order valence-corrected chi connectivity index (χ0v) is 16.0. The minimum absolute atomic E-state index is 0.0529. The van der Waals surface area contributed by atoms with Crippen LogP contribution in [0.4, 0.5) is 0 Å². The van der Waals surface area contributed by atoms with Gasteiger partial charge in [-0.3, -0.25) is 4.79 Å². The number of aromatic nitrogens is 1. The molecule has 1 aromatic carbocycles. The third kappa shape index (κ3) is 4.40. The molecule has 0 aliphatic rings. The predicted molar refractivity (Wildman–Crippen MR) is 94.4 cm³/mol. The Labute approximate surface area is 145 Å². The van der Waals surface area contributed by atoms with Crippen molar-refractivity contribution in [2.24, 2.45) is 12.0 Å². The summed E-state index contributed by atoms with van der Waals surface area (Å²) in [6.45, 7) is 7.04. The van der Waals surface area contributed by atoms with Crippen molar-refractivity contribution in [3.8, 4) is 0 Å². The third-order valence-corrected chi connectivity index (χ3v) is 5.75. The molecule has 2 aromatic rings. The fraction of sp³-hybridized carbons (Fsp3) is 0.375. The Morgan fingerprint density at radius 1 is 1.29 bits per heavy atom. The van der Waals surface area contributed by atoms with Gasteiger partial charge in [-0.05, 0) is 45.4 Å². The summed E-state index contributed by atoms with van der Waals surface area (Å²) >= 11 is 1.34. The lowest BCUT2D eigenvalue weighted by atomic mass is 10.1. The molecule has 0 saturated heterocycles. The van der Waals surface area contributed by atoms with E-state index in [2.05, 4.69) is 9.71 Å².